The van der Waals surface area contributed by atoms with Crippen molar-refractivity contribution in [1.82, 2.24) is 10.2 Å². The normalized spacial score (nSPS) is 11.0. The average molecular weight is 382 g/mol. The number of rotatable bonds is 6. The quantitative estimate of drug-likeness (QED) is 0.594. The lowest BCUT2D eigenvalue weighted by atomic mass is 10.0. The number of hydrogen-bond acceptors (Lipinski definition) is 5. The van der Waals surface area contributed by atoms with Crippen LogP contribution in [0.3, 0.4) is 0 Å². The number of nitrogens with zero attached hydrogens (tertiary/aromatic N) is 2. The summed E-state index contributed by atoms with van der Waals surface area (Å²) in [4.78, 5) is 12.1. The number of carbonyl (C=O) groups excluding carboxylic acids is 1. The Morgan fingerprint density at radius 1 is 1.07 bits per heavy atom. The third-order valence-electron chi connectivity index (χ3n) is 4.35. The summed E-state index contributed by atoms with van der Waals surface area (Å²) in [5.74, 6) is 1.03. The molecular weight excluding hydrogens is 358 g/mol. The van der Waals surface area contributed by atoms with Crippen molar-refractivity contribution in [2.24, 2.45) is 0 Å². The van der Waals surface area contributed by atoms with Crippen molar-refractivity contribution in [2.45, 2.75) is 38.8 Å². The molecule has 0 spiro atoms. The van der Waals surface area contributed by atoms with E-state index in [1.807, 2.05) is 49.4 Å². The van der Waals surface area contributed by atoms with Gasteiger partial charge in [0.15, 0.2) is 0 Å². The maximum Gasteiger partial charge on any atom is 0.277 e. The Balaban J connectivity index is 1.56. The summed E-state index contributed by atoms with van der Waals surface area (Å²) in [6.45, 7) is 8.38. The van der Waals surface area contributed by atoms with Crippen LogP contribution in [0.5, 0.6) is 0 Å². The fraction of sp³-hybridized carbons (Fsp3) is 0.286. The van der Waals surface area contributed by atoms with Crippen molar-refractivity contribution >= 4 is 23.4 Å². The first-order chi connectivity index (χ1) is 12.9. The van der Waals surface area contributed by atoms with Crippen molar-refractivity contribution in [3.63, 3.8) is 0 Å². The Bertz CT molecular complexity index is 933. The molecule has 1 N–H and O–H groups in total. The molecular formula is C21H23N3O2S. The molecule has 0 aliphatic carbocycles. The zero-order chi connectivity index (χ0) is 19.4. The lowest BCUT2D eigenvalue weighted by Gasteiger charge is -2.07. The van der Waals surface area contributed by atoms with Gasteiger partial charge in [0.25, 0.3) is 5.22 Å². The Labute approximate surface area is 163 Å². The van der Waals surface area contributed by atoms with Gasteiger partial charge in [-0.2, -0.15) is 0 Å². The van der Waals surface area contributed by atoms with E-state index in [2.05, 4.69) is 36.3 Å². The number of aryl methyl sites for hydroxylation is 2. The van der Waals surface area contributed by atoms with Crippen LogP contribution in [0.25, 0.3) is 11.5 Å². The molecule has 0 aliphatic heterocycles. The van der Waals surface area contributed by atoms with E-state index in [1.54, 1.807) is 0 Å². The monoisotopic (exact) mass is 381 g/mol. The number of amides is 1. The summed E-state index contributed by atoms with van der Waals surface area (Å²) in [6.07, 6.45) is 0. The van der Waals surface area contributed by atoms with Crippen LogP contribution in [0.2, 0.25) is 0 Å². The number of hydrogen-bond donors (Lipinski definition) is 1. The van der Waals surface area contributed by atoms with E-state index in [0.717, 1.165) is 11.3 Å². The number of nitrogens with one attached hydrogen (secondary N) is 1. The zero-order valence-corrected chi connectivity index (χ0v) is 16.8. The Morgan fingerprint density at radius 2 is 1.81 bits per heavy atom. The van der Waals surface area contributed by atoms with E-state index in [1.165, 1.54) is 28.5 Å². The predicted molar refractivity (Wildman–Crippen MR) is 109 cm³/mol. The first kappa shape index (κ1) is 19.2. The van der Waals surface area contributed by atoms with Gasteiger partial charge in [-0.15, -0.1) is 10.2 Å². The van der Waals surface area contributed by atoms with Crippen LogP contribution in [-0.2, 0) is 4.79 Å². The summed E-state index contributed by atoms with van der Waals surface area (Å²) >= 11 is 1.23. The molecule has 1 aromatic heterocycles. The van der Waals surface area contributed by atoms with Crippen LogP contribution >= 0.6 is 11.8 Å². The molecule has 5 nitrogen and oxygen atoms in total. The topological polar surface area (TPSA) is 68.0 Å². The van der Waals surface area contributed by atoms with Crippen molar-refractivity contribution in [1.29, 1.82) is 0 Å². The molecule has 0 fully saturated rings. The van der Waals surface area contributed by atoms with Gasteiger partial charge in [0, 0.05) is 11.3 Å². The van der Waals surface area contributed by atoms with E-state index in [-0.39, 0.29) is 11.7 Å². The van der Waals surface area contributed by atoms with Gasteiger partial charge in [0.2, 0.25) is 11.8 Å². The second-order valence-corrected chi connectivity index (χ2v) is 7.71. The average Bonchev–Trinajstić information content (AvgIpc) is 3.12. The van der Waals surface area contributed by atoms with Gasteiger partial charge < -0.3 is 9.73 Å². The maximum atomic E-state index is 12.1. The summed E-state index contributed by atoms with van der Waals surface area (Å²) in [7, 11) is 0. The van der Waals surface area contributed by atoms with Crippen LogP contribution in [0, 0.1) is 13.8 Å². The predicted octanol–water partition coefficient (Wildman–Crippen LogP) is 5.21. The maximum absolute atomic E-state index is 12.1. The molecule has 1 amide bonds. The van der Waals surface area contributed by atoms with Gasteiger partial charge in [0.1, 0.15) is 0 Å². The fourth-order valence-electron chi connectivity index (χ4n) is 2.53. The standard InChI is InChI=1S/C21H23N3O2S/c1-13(2)16-7-9-18(10-8-16)22-19(25)12-27-21-24-23-20(26-21)17-6-5-14(3)15(4)11-17/h5-11,13H,12H2,1-4H3,(H,22,25). The molecule has 0 radical (unpaired) electrons. The van der Waals surface area contributed by atoms with Gasteiger partial charge >= 0.3 is 0 Å². The van der Waals surface area contributed by atoms with Crippen molar-refractivity contribution in [2.75, 3.05) is 11.1 Å². The smallest absolute Gasteiger partial charge is 0.277 e. The molecule has 0 bridgehead atoms. The Morgan fingerprint density at radius 3 is 2.48 bits per heavy atom. The molecule has 0 saturated carbocycles. The minimum Gasteiger partial charge on any atom is -0.411 e. The third kappa shape index (κ3) is 4.98. The zero-order valence-electron chi connectivity index (χ0n) is 15.9. The highest BCUT2D eigenvalue weighted by molar-refractivity contribution is 7.99. The van der Waals surface area contributed by atoms with Crippen LogP contribution in [-0.4, -0.2) is 21.9 Å². The van der Waals surface area contributed by atoms with Crippen molar-refractivity contribution in [3.05, 3.63) is 59.2 Å². The second-order valence-electron chi connectivity index (χ2n) is 6.79. The van der Waals surface area contributed by atoms with Gasteiger partial charge in [0.05, 0.1) is 5.75 Å². The molecule has 6 heteroatoms. The number of benzene rings is 2. The Hall–Kier alpha value is -2.60. The van der Waals surface area contributed by atoms with Crippen LogP contribution in [0.15, 0.2) is 52.1 Å². The molecule has 3 rings (SSSR count). The molecule has 0 aliphatic rings. The molecule has 27 heavy (non-hydrogen) atoms. The molecule has 0 atom stereocenters. The fourth-order valence-corrected chi connectivity index (χ4v) is 3.10. The van der Waals surface area contributed by atoms with Crippen molar-refractivity contribution < 1.29 is 9.21 Å². The van der Waals surface area contributed by atoms with Crippen LogP contribution in [0.1, 0.15) is 36.5 Å². The van der Waals surface area contributed by atoms with Crippen molar-refractivity contribution in [3.8, 4) is 11.5 Å². The summed E-state index contributed by atoms with van der Waals surface area (Å²) in [6, 6.07) is 13.9. The highest BCUT2D eigenvalue weighted by atomic mass is 32.2. The molecule has 1 heterocycles. The molecule has 0 saturated heterocycles. The van der Waals surface area contributed by atoms with Gasteiger partial charge in [-0.3, -0.25) is 4.79 Å². The number of anilines is 1. The lowest BCUT2D eigenvalue weighted by molar-refractivity contribution is -0.113. The van der Waals surface area contributed by atoms with Gasteiger partial charge in [-0.25, -0.2) is 0 Å². The first-order valence-electron chi connectivity index (χ1n) is 8.86. The third-order valence-corrected chi connectivity index (χ3v) is 5.17. The Kier molecular flexibility index (Phi) is 5.96. The minimum atomic E-state index is -0.108. The van der Waals surface area contributed by atoms with E-state index in [4.69, 9.17) is 4.42 Å². The van der Waals surface area contributed by atoms with Gasteiger partial charge in [-0.05, 0) is 60.7 Å². The molecule has 2 aromatic carbocycles. The first-order valence-corrected chi connectivity index (χ1v) is 9.84. The lowest BCUT2D eigenvalue weighted by Crippen LogP contribution is -2.14. The van der Waals surface area contributed by atoms with Crippen LogP contribution < -0.4 is 5.32 Å². The van der Waals surface area contributed by atoms with E-state index < -0.39 is 0 Å². The summed E-state index contributed by atoms with van der Waals surface area (Å²) in [5, 5.41) is 11.4. The SMILES string of the molecule is Cc1ccc(-c2nnc(SCC(=O)Nc3ccc(C(C)C)cc3)o2)cc1C. The second kappa shape index (κ2) is 8.39. The highest BCUT2D eigenvalue weighted by Gasteiger charge is 2.12. The van der Waals surface area contributed by atoms with E-state index >= 15 is 0 Å². The minimum absolute atomic E-state index is 0.108. The van der Waals surface area contributed by atoms with Crippen LogP contribution in [0.4, 0.5) is 5.69 Å². The van der Waals surface area contributed by atoms with Gasteiger partial charge in [-0.1, -0.05) is 43.8 Å². The molecule has 3 aromatic rings. The van der Waals surface area contributed by atoms with E-state index in [0.29, 0.717) is 17.0 Å². The summed E-state index contributed by atoms with van der Waals surface area (Å²) < 4.78 is 5.67. The summed E-state index contributed by atoms with van der Waals surface area (Å²) in [5.41, 5.74) is 5.29. The number of thioether (sulfide) groups is 1. The highest BCUT2D eigenvalue weighted by Crippen LogP contribution is 2.25. The molecule has 0 unspecified atom stereocenters. The van der Waals surface area contributed by atoms with E-state index in [9.17, 15) is 4.79 Å². The number of aromatic nitrogens is 2. The largest absolute Gasteiger partial charge is 0.411 e. The number of carbonyl (C=O) groups is 1. The molecule has 140 valence electrons.